The third-order valence-electron chi connectivity index (χ3n) is 5.72. The highest BCUT2D eigenvalue weighted by molar-refractivity contribution is 7.85. The van der Waals surface area contributed by atoms with Gasteiger partial charge in [0.2, 0.25) is 0 Å². The van der Waals surface area contributed by atoms with E-state index in [1.54, 1.807) is 0 Å². The molecule has 0 saturated carbocycles. The normalized spacial score (nSPS) is 16.0. The zero-order chi connectivity index (χ0) is 18.4. The molecule has 0 N–H and O–H groups in total. The van der Waals surface area contributed by atoms with Crippen LogP contribution in [0.4, 0.5) is 0 Å². The standard InChI is InChI=1S/C25H21OP/c1-18-16-20-17-19-10-8-9-15-23(19)25(24(18)20)27(26,21-11-4-2-5-12-21)22-13-6-3-7-14-22/h2-15,17-18H,16H2,1H3. The molecule has 1 nitrogen and oxygen atoms in total. The molecule has 1 aliphatic carbocycles. The molecule has 0 radical (unpaired) electrons. The van der Waals surface area contributed by atoms with Crippen molar-refractivity contribution < 1.29 is 4.57 Å². The number of rotatable bonds is 3. The minimum Gasteiger partial charge on any atom is -0.309 e. The van der Waals surface area contributed by atoms with E-state index in [2.05, 4.69) is 37.3 Å². The molecule has 0 aliphatic heterocycles. The highest BCUT2D eigenvalue weighted by Crippen LogP contribution is 2.50. The molecule has 2 heteroatoms. The van der Waals surface area contributed by atoms with Crippen LogP contribution in [0.5, 0.6) is 0 Å². The molecular formula is C25H21OP. The predicted molar refractivity (Wildman–Crippen MR) is 115 cm³/mol. The first-order valence-corrected chi connectivity index (χ1v) is 11.2. The first-order valence-electron chi connectivity index (χ1n) is 9.46. The Morgan fingerprint density at radius 2 is 1.33 bits per heavy atom. The second kappa shape index (κ2) is 6.22. The van der Waals surface area contributed by atoms with E-state index in [-0.39, 0.29) is 0 Å². The first kappa shape index (κ1) is 16.5. The van der Waals surface area contributed by atoms with E-state index in [0.717, 1.165) is 27.7 Å². The average molecular weight is 368 g/mol. The van der Waals surface area contributed by atoms with Crippen LogP contribution in [0.3, 0.4) is 0 Å². The van der Waals surface area contributed by atoms with Crippen molar-refractivity contribution in [2.45, 2.75) is 19.3 Å². The number of benzene rings is 4. The maximum atomic E-state index is 15.0. The molecule has 132 valence electrons. The summed E-state index contributed by atoms with van der Waals surface area (Å²) >= 11 is 0. The van der Waals surface area contributed by atoms with Gasteiger partial charge in [-0.1, -0.05) is 97.9 Å². The molecule has 4 aromatic carbocycles. The molecule has 4 aromatic rings. The Hall–Kier alpha value is -2.63. The van der Waals surface area contributed by atoms with Crippen LogP contribution in [0.2, 0.25) is 0 Å². The molecule has 5 rings (SSSR count). The molecule has 1 unspecified atom stereocenters. The van der Waals surface area contributed by atoms with Crippen LogP contribution < -0.4 is 15.9 Å². The summed E-state index contributed by atoms with van der Waals surface area (Å²) in [6.07, 6.45) is 1.07. The van der Waals surface area contributed by atoms with Gasteiger partial charge in [0.15, 0.2) is 7.14 Å². The zero-order valence-corrected chi connectivity index (χ0v) is 16.2. The fraction of sp³-hybridized carbons (Fsp3) is 0.120. The van der Waals surface area contributed by atoms with Gasteiger partial charge in [-0.15, -0.1) is 0 Å². The zero-order valence-electron chi connectivity index (χ0n) is 15.3. The van der Waals surface area contributed by atoms with Gasteiger partial charge in [0.05, 0.1) is 0 Å². The summed E-state index contributed by atoms with van der Waals surface area (Å²) in [6.45, 7) is 2.25. The Morgan fingerprint density at radius 3 is 1.93 bits per heavy atom. The highest BCUT2D eigenvalue weighted by atomic mass is 31.2. The number of hydrogen-bond acceptors (Lipinski definition) is 1. The van der Waals surface area contributed by atoms with Gasteiger partial charge in [0, 0.05) is 15.9 Å². The smallest absolute Gasteiger partial charge is 0.171 e. The van der Waals surface area contributed by atoms with Crippen molar-refractivity contribution in [2.24, 2.45) is 0 Å². The SMILES string of the molecule is CC1Cc2cc3ccccc3c(P(=O)(c3ccccc3)c3ccccc3)c21. The van der Waals surface area contributed by atoms with E-state index in [1.165, 1.54) is 16.5 Å². The molecule has 0 amide bonds. The molecule has 0 saturated heterocycles. The summed E-state index contributed by atoms with van der Waals surface area (Å²) in [5.41, 5.74) is 2.65. The lowest BCUT2D eigenvalue weighted by Crippen LogP contribution is -2.33. The van der Waals surface area contributed by atoms with E-state index in [1.807, 2.05) is 60.7 Å². The molecule has 27 heavy (non-hydrogen) atoms. The van der Waals surface area contributed by atoms with Gasteiger partial charge < -0.3 is 4.57 Å². The largest absolute Gasteiger partial charge is 0.309 e. The number of hydrogen-bond donors (Lipinski definition) is 0. The van der Waals surface area contributed by atoms with Crippen LogP contribution in [-0.2, 0) is 11.0 Å². The molecule has 0 bridgehead atoms. The third-order valence-corrected chi connectivity index (χ3v) is 8.88. The monoisotopic (exact) mass is 368 g/mol. The van der Waals surface area contributed by atoms with Crippen LogP contribution in [0, 0.1) is 0 Å². The Kier molecular flexibility index (Phi) is 3.81. The molecule has 0 heterocycles. The minimum absolute atomic E-state index is 0.445. The van der Waals surface area contributed by atoms with Gasteiger partial charge >= 0.3 is 0 Å². The maximum absolute atomic E-state index is 15.0. The van der Waals surface area contributed by atoms with Crippen molar-refractivity contribution in [2.75, 3.05) is 0 Å². The van der Waals surface area contributed by atoms with E-state index in [9.17, 15) is 4.57 Å². The fourth-order valence-corrected chi connectivity index (χ4v) is 7.69. The van der Waals surface area contributed by atoms with Crippen LogP contribution in [0.15, 0.2) is 91.0 Å². The topological polar surface area (TPSA) is 17.1 Å². The Labute approximate surface area is 160 Å². The fourth-order valence-electron chi connectivity index (χ4n) is 4.44. The first-order chi connectivity index (χ1) is 13.2. The average Bonchev–Trinajstić information content (AvgIpc) is 2.73. The van der Waals surface area contributed by atoms with E-state index in [0.29, 0.717) is 5.92 Å². The van der Waals surface area contributed by atoms with Gasteiger partial charge in [0.25, 0.3) is 0 Å². The van der Waals surface area contributed by atoms with Gasteiger partial charge in [-0.05, 0) is 34.2 Å². The van der Waals surface area contributed by atoms with Gasteiger partial charge in [0.1, 0.15) is 0 Å². The number of fused-ring (bicyclic) bond motifs is 2. The molecule has 0 aromatic heterocycles. The van der Waals surface area contributed by atoms with E-state index < -0.39 is 7.14 Å². The molecule has 1 atom stereocenters. The summed E-state index contributed by atoms with van der Waals surface area (Å²) in [5.74, 6) is 0.445. The summed E-state index contributed by atoms with van der Waals surface area (Å²) in [4.78, 5) is 0. The lowest BCUT2D eigenvalue weighted by Gasteiger charge is -2.34. The van der Waals surface area contributed by atoms with E-state index >= 15 is 0 Å². The molecule has 1 aliphatic rings. The molecule has 0 fully saturated rings. The van der Waals surface area contributed by atoms with Crippen molar-refractivity contribution in [3.63, 3.8) is 0 Å². The van der Waals surface area contributed by atoms with Crippen LogP contribution in [-0.4, -0.2) is 0 Å². The Morgan fingerprint density at radius 1 is 0.778 bits per heavy atom. The third kappa shape index (κ3) is 2.42. The van der Waals surface area contributed by atoms with Crippen molar-refractivity contribution in [1.82, 2.24) is 0 Å². The van der Waals surface area contributed by atoms with Crippen molar-refractivity contribution in [1.29, 1.82) is 0 Å². The van der Waals surface area contributed by atoms with Crippen molar-refractivity contribution >= 4 is 33.8 Å². The lowest BCUT2D eigenvalue weighted by molar-refractivity contribution is 0.591. The second-order valence-electron chi connectivity index (χ2n) is 7.40. The quantitative estimate of drug-likeness (QED) is 0.458. The maximum Gasteiger partial charge on any atom is 0.171 e. The predicted octanol–water partition coefficient (Wildman–Crippen LogP) is 5.14. The minimum atomic E-state index is -2.97. The second-order valence-corrected chi connectivity index (χ2v) is 10.1. The van der Waals surface area contributed by atoms with E-state index in [4.69, 9.17) is 0 Å². The van der Waals surface area contributed by atoms with Crippen LogP contribution in [0.25, 0.3) is 10.8 Å². The molecule has 0 spiro atoms. The van der Waals surface area contributed by atoms with Crippen molar-refractivity contribution in [3.05, 3.63) is 102 Å². The van der Waals surface area contributed by atoms with Crippen LogP contribution >= 0.6 is 7.14 Å². The lowest BCUT2D eigenvalue weighted by atomic mass is 9.77. The van der Waals surface area contributed by atoms with Gasteiger partial charge in [-0.3, -0.25) is 0 Å². The summed E-state index contributed by atoms with van der Waals surface area (Å²) < 4.78 is 15.0. The van der Waals surface area contributed by atoms with Gasteiger partial charge in [-0.2, -0.15) is 0 Å². The van der Waals surface area contributed by atoms with Crippen molar-refractivity contribution in [3.8, 4) is 0 Å². The Balaban J connectivity index is 1.95. The van der Waals surface area contributed by atoms with Crippen LogP contribution in [0.1, 0.15) is 24.0 Å². The Bertz CT molecular complexity index is 1140. The van der Waals surface area contributed by atoms with Gasteiger partial charge in [-0.25, -0.2) is 0 Å². The summed E-state index contributed by atoms with van der Waals surface area (Å²) in [6, 6.07) is 30.7. The highest BCUT2D eigenvalue weighted by Gasteiger charge is 2.38. The summed E-state index contributed by atoms with van der Waals surface area (Å²) in [7, 11) is -2.97. The summed E-state index contributed by atoms with van der Waals surface area (Å²) in [5, 5.41) is 5.18. The molecular weight excluding hydrogens is 347 g/mol.